The molecule has 2 unspecified atom stereocenters. The average Bonchev–Trinajstić information content (AvgIpc) is 2.42. The van der Waals surface area contributed by atoms with Gasteiger partial charge < -0.3 is 9.31 Å². The second kappa shape index (κ2) is 2.32. The van der Waals surface area contributed by atoms with Crippen molar-refractivity contribution in [3.05, 3.63) is 0 Å². The fourth-order valence-corrected chi connectivity index (χ4v) is 3.50. The van der Waals surface area contributed by atoms with E-state index in [4.69, 9.17) is 9.31 Å². The minimum Gasteiger partial charge on any atom is -0.406 e. The molecule has 1 heterocycles. The molecule has 4 rings (SSSR count). The average molecular weight is 180 g/mol. The highest BCUT2D eigenvalue weighted by Gasteiger charge is 2.61. The van der Waals surface area contributed by atoms with E-state index in [1.807, 2.05) is 6.82 Å². The lowest BCUT2D eigenvalue weighted by Gasteiger charge is -2.60. The third kappa shape index (κ3) is 0.923. The van der Waals surface area contributed by atoms with Crippen molar-refractivity contribution < 1.29 is 9.31 Å². The number of hydrogen-bond donors (Lipinski definition) is 0. The molecular weight excluding hydrogens is 163 g/mol. The first-order valence-corrected chi connectivity index (χ1v) is 5.40. The highest BCUT2D eigenvalue weighted by Crippen LogP contribution is 2.61. The summed E-state index contributed by atoms with van der Waals surface area (Å²) in [7, 11) is 0.0325. The second-order valence-corrected chi connectivity index (χ2v) is 5.44. The van der Waals surface area contributed by atoms with Gasteiger partial charge in [0.15, 0.2) is 0 Å². The zero-order valence-corrected chi connectivity index (χ0v) is 8.62. The van der Waals surface area contributed by atoms with Gasteiger partial charge in [-0.1, -0.05) is 13.8 Å². The Morgan fingerprint density at radius 1 is 1.23 bits per heavy atom. The molecule has 13 heavy (non-hydrogen) atoms. The highest BCUT2D eigenvalue weighted by molar-refractivity contribution is 6.43. The third-order valence-corrected chi connectivity index (χ3v) is 4.54. The number of hydrogen-bond acceptors (Lipinski definition) is 2. The summed E-state index contributed by atoms with van der Waals surface area (Å²) in [6.45, 7) is 6.78. The van der Waals surface area contributed by atoms with Crippen LogP contribution in [0.25, 0.3) is 0 Å². The maximum atomic E-state index is 5.83. The van der Waals surface area contributed by atoms with Gasteiger partial charge in [0.25, 0.3) is 0 Å². The molecular formula is C10H17BO2. The van der Waals surface area contributed by atoms with E-state index in [1.165, 1.54) is 12.8 Å². The maximum absolute atomic E-state index is 5.83. The summed E-state index contributed by atoms with van der Waals surface area (Å²) in [5.74, 6) is 1.63. The molecule has 3 heteroatoms. The Labute approximate surface area is 80.1 Å². The van der Waals surface area contributed by atoms with Crippen LogP contribution in [-0.2, 0) is 9.31 Å². The summed E-state index contributed by atoms with van der Waals surface area (Å²) in [5.41, 5.74) is 0.509. The monoisotopic (exact) mass is 180 g/mol. The lowest BCUT2D eigenvalue weighted by Crippen LogP contribution is -2.59. The van der Waals surface area contributed by atoms with Crippen molar-refractivity contribution in [3.63, 3.8) is 0 Å². The summed E-state index contributed by atoms with van der Waals surface area (Å²) in [5, 5.41) is 0. The molecule has 0 amide bonds. The zero-order valence-electron chi connectivity index (χ0n) is 8.62. The Kier molecular flexibility index (Phi) is 1.48. The van der Waals surface area contributed by atoms with Crippen LogP contribution < -0.4 is 0 Å². The predicted octanol–water partition coefficient (Wildman–Crippen LogP) is 1.95. The fourth-order valence-electron chi connectivity index (χ4n) is 3.50. The smallest absolute Gasteiger partial charge is 0.406 e. The maximum Gasteiger partial charge on any atom is 0.454 e. The molecule has 4 fully saturated rings. The van der Waals surface area contributed by atoms with Crippen molar-refractivity contribution in [2.45, 2.75) is 45.7 Å². The first-order valence-electron chi connectivity index (χ1n) is 5.40. The van der Waals surface area contributed by atoms with Crippen molar-refractivity contribution >= 4 is 7.12 Å². The van der Waals surface area contributed by atoms with Crippen LogP contribution in [0.3, 0.4) is 0 Å². The van der Waals surface area contributed by atoms with Gasteiger partial charge >= 0.3 is 7.12 Å². The molecule has 2 nitrogen and oxygen atoms in total. The van der Waals surface area contributed by atoms with E-state index in [0.717, 1.165) is 11.8 Å². The summed E-state index contributed by atoms with van der Waals surface area (Å²) < 4.78 is 11.6. The van der Waals surface area contributed by atoms with Crippen LogP contribution in [-0.4, -0.2) is 19.3 Å². The molecule has 3 aliphatic carbocycles. The lowest BCUT2D eigenvalue weighted by molar-refractivity contribution is -0.150. The Bertz CT molecular complexity index is 241. The Hall–Kier alpha value is -0.0151. The van der Waals surface area contributed by atoms with Gasteiger partial charge in [0.1, 0.15) is 0 Å². The predicted molar refractivity (Wildman–Crippen MR) is 51.4 cm³/mol. The number of rotatable bonds is 0. The molecule has 0 aromatic rings. The SMILES string of the molecule is CB1OC2[C@H]3CC(C[C@H]2O1)C3(C)C. The van der Waals surface area contributed by atoms with Crippen LogP contribution in [0.5, 0.6) is 0 Å². The topological polar surface area (TPSA) is 18.5 Å². The Morgan fingerprint density at radius 2 is 2.00 bits per heavy atom. The Balaban J connectivity index is 1.85. The van der Waals surface area contributed by atoms with Crippen molar-refractivity contribution in [2.75, 3.05) is 0 Å². The Morgan fingerprint density at radius 3 is 2.69 bits per heavy atom. The van der Waals surface area contributed by atoms with Crippen molar-refractivity contribution in [1.29, 1.82) is 0 Å². The summed E-state index contributed by atoms with van der Waals surface area (Å²) in [4.78, 5) is 0. The molecule has 1 saturated heterocycles. The van der Waals surface area contributed by atoms with Gasteiger partial charge in [-0.25, -0.2) is 0 Å². The van der Waals surface area contributed by atoms with Crippen LogP contribution >= 0.6 is 0 Å². The molecule has 1 aliphatic heterocycles. The first-order chi connectivity index (χ1) is 6.09. The normalized spacial score (nSPS) is 51.5. The fraction of sp³-hybridized carbons (Fsp3) is 1.00. The lowest BCUT2D eigenvalue weighted by atomic mass is 9.47. The van der Waals surface area contributed by atoms with Gasteiger partial charge in [0.05, 0.1) is 12.2 Å². The van der Waals surface area contributed by atoms with Crippen molar-refractivity contribution in [3.8, 4) is 0 Å². The molecule has 0 aromatic heterocycles. The van der Waals surface area contributed by atoms with Crippen LogP contribution in [0.4, 0.5) is 0 Å². The zero-order chi connectivity index (χ0) is 9.22. The van der Waals surface area contributed by atoms with Crippen LogP contribution in [0.1, 0.15) is 26.7 Å². The molecule has 0 spiro atoms. The van der Waals surface area contributed by atoms with Gasteiger partial charge in [0, 0.05) is 0 Å². The van der Waals surface area contributed by atoms with E-state index in [9.17, 15) is 0 Å². The van der Waals surface area contributed by atoms with E-state index in [-0.39, 0.29) is 7.12 Å². The van der Waals surface area contributed by atoms with Crippen molar-refractivity contribution in [2.24, 2.45) is 17.3 Å². The summed E-state index contributed by atoms with van der Waals surface area (Å²) in [6, 6.07) is 0. The van der Waals surface area contributed by atoms with Crippen molar-refractivity contribution in [1.82, 2.24) is 0 Å². The summed E-state index contributed by atoms with van der Waals surface area (Å²) >= 11 is 0. The molecule has 0 radical (unpaired) electrons. The largest absolute Gasteiger partial charge is 0.454 e. The van der Waals surface area contributed by atoms with Crippen LogP contribution in [0.15, 0.2) is 0 Å². The minimum absolute atomic E-state index is 0.0325. The third-order valence-electron chi connectivity index (χ3n) is 4.54. The first kappa shape index (κ1) is 8.31. The van der Waals surface area contributed by atoms with E-state index < -0.39 is 0 Å². The van der Waals surface area contributed by atoms with Crippen LogP contribution in [0.2, 0.25) is 6.82 Å². The van der Waals surface area contributed by atoms with E-state index >= 15 is 0 Å². The van der Waals surface area contributed by atoms with Gasteiger partial charge in [0.2, 0.25) is 0 Å². The molecule has 4 atom stereocenters. The van der Waals surface area contributed by atoms with E-state index in [2.05, 4.69) is 13.8 Å². The van der Waals surface area contributed by atoms with Gasteiger partial charge in [-0.15, -0.1) is 0 Å². The van der Waals surface area contributed by atoms with Crippen LogP contribution in [0, 0.1) is 17.3 Å². The van der Waals surface area contributed by atoms with Gasteiger partial charge in [-0.3, -0.25) is 0 Å². The van der Waals surface area contributed by atoms with E-state index in [0.29, 0.717) is 17.6 Å². The summed E-state index contributed by atoms with van der Waals surface area (Å²) in [6.07, 6.45) is 3.39. The minimum atomic E-state index is 0.0325. The van der Waals surface area contributed by atoms with E-state index in [1.54, 1.807) is 0 Å². The molecule has 0 N–H and O–H groups in total. The molecule has 3 saturated carbocycles. The quantitative estimate of drug-likeness (QED) is 0.530. The highest BCUT2D eigenvalue weighted by atomic mass is 16.7. The second-order valence-electron chi connectivity index (χ2n) is 5.44. The standard InChI is InChI=1S/C10H17BO2/c1-10(2)6-4-7(10)9-8(5-6)12-11(3)13-9/h6-9H,4-5H2,1-3H3/t6?,7-,8-,9?/m1/s1. The molecule has 4 aliphatic rings. The molecule has 72 valence electrons. The van der Waals surface area contributed by atoms with Gasteiger partial charge in [-0.05, 0) is 36.9 Å². The van der Waals surface area contributed by atoms with Gasteiger partial charge in [-0.2, -0.15) is 0 Å². The molecule has 2 bridgehead atoms. The molecule has 0 aromatic carbocycles.